The quantitative estimate of drug-likeness (QED) is 0.361. The van der Waals surface area contributed by atoms with Gasteiger partial charge in [0.15, 0.2) is 0 Å². The van der Waals surface area contributed by atoms with Gasteiger partial charge in [0.05, 0.1) is 19.6 Å². The number of alkyl halides is 1. The van der Waals surface area contributed by atoms with Gasteiger partial charge in [-0.3, -0.25) is 9.59 Å². The molecule has 6 nitrogen and oxygen atoms in total. The zero-order chi connectivity index (χ0) is 14.7. The van der Waals surface area contributed by atoms with Gasteiger partial charge in [0.2, 0.25) is 6.10 Å². The van der Waals surface area contributed by atoms with Crippen LogP contribution in [0.1, 0.15) is 33.1 Å². The van der Waals surface area contributed by atoms with Crippen molar-refractivity contribution in [2.24, 2.45) is 0 Å². The number of carbonyl (C=O) groups excluding carboxylic acids is 3. The molecule has 0 amide bonds. The summed E-state index contributed by atoms with van der Waals surface area (Å²) < 4.78 is 14.6. The molecule has 0 unspecified atom stereocenters. The van der Waals surface area contributed by atoms with Crippen LogP contribution in [-0.2, 0) is 28.6 Å². The van der Waals surface area contributed by atoms with E-state index in [9.17, 15) is 14.4 Å². The van der Waals surface area contributed by atoms with Gasteiger partial charge in [-0.2, -0.15) is 0 Å². The minimum absolute atomic E-state index is 0.0609. The van der Waals surface area contributed by atoms with Crippen LogP contribution in [0.4, 0.5) is 0 Å². The molecule has 0 aromatic heterocycles. The van der Waals surface area contributed by atoms with Gasteiger partial charge in [0.1, 0.15) is 5.33 Å². The first-order chi connectivity index (χ1) is 9.04. The van der Waals surface area contributed by atoms with Gasteiger partial charge in [-0.1, -0.05) is 29.8 Å². The summed E-state index contributed by atoms with van der Waals surface area (Å²) in [5.74, 6) is -1.96. The van der Waals surface area contributed by atoms with E-state index in [1.807, 2.05) is 13.8 Å². The average Bonchev–Trinajstić information content (AvgIpc) is 2.41. The highest BCUT2D eigenvalue weighted by atomic mass is 79.9. The van der Waals surface area contributed by atoms with E-state index >= 15 is 0 Å². The Hall–Kier alpha value is -1.11. The molecule has 0 aliphatic rings. The van der Waals surface area contributed by atoms with Crippen molar-refractivity contribution in [3.05, 3.63) is 0 Å². The van der Waals surface area contributed by atoms with Gasteiger partial charge in [0, 0.05) is 0 Å². The van der Waals surface area contributed by atoms with Crippen molar-refractivity contribution in [2.75, 3.05) is 18.5 Å². The summed E-state index contributed by atoms with van der Waals surface area (Å²) in [7, 11) is 0. The summed E-state index contributed by atoms with van der Waals surface area (Å²) >= 11 is 2.91. The molecule has 1 atom stereocenters. The monoisotopic (exact) mass is 338 g/mol. The Labute approximate surface area is 120 Å². The van der Waals surface area contributed by atoms with Crippen LogP contribution < -0.4 is 0 Å². The van der Waals surface area contributed by atoms with Gasteiger partial charge in [-0.25, -0.2) is 4.79 Å². The topological polar surface area (TPSA) is 78.9 Å². The third-order valence-electron chi connectivity index (χ3n) is 1.91. The van der Waals surface area contributed by atoms with Crippen LogP contribution in [0.5, 0.6) is 0 Å². The Bertz CT molecular complexity index is 305. The van der Waals surface area contributed by atoms with Crippen LogP contribution in [-0.4, -0.2) is 42.6 Å². The van der Waals surface area contributed by atoms with Gasteiger partial charge < -0.3 is 14.2 Å². The van der Waals surface area contributed by atoms with E-state index in [1.54, 1.807) is 0 Å². The first-order valence-corrected chi connectivity index (χ1v) is 7.24. The predicted molar refractivity (Wildman–Crippen MR) is 70.8 cm³/mol. The molecule has 0 bridgehead atoms. The van der Waals surface area contributed by atoms with Crippen LogP contribution in [0.2, 0.25) is 0 Å². The minimum atomic E-state index is -1.25. The molecule has 0 spiro atoms. The molecule has 0 N–H and O–H groups in total. The molecule has 0 rings (SSSR count). The maximum Gasteiger partial charge on any atom is 0.348 e. The first-order valence-electron chi connectivity index (χ1n) is 6.12. The molecule has 0 heterocycles. The molecule has 0 aliphatic heterocycles. The summed E-state index contributed by atoms with van der Waals surface area (Å²) in [6, 6.07) is 0. The van der Waals surface area contributed by atoms with Crippen molar-refractivity contribution in [2.45, 2.75) is 39.2 Å². The molecule has 0 fully saturated rings. The number of esters is 3. The molecule has 0 aliphatic carbocycles. The predicted octanol–water partition coefficient (Wildman–Crippen LogP) is 1.59. The van der Waals surface area contributed by atoms with Crippen molar-refractivity contribution in [1.29, 1.82) is 0 Å². The van der Waals surface area contributed by atoms with Crippen LogP contribution in [0.3, 0.4) is 0 Å². The van der Waals surface area contributed by atoms with E-state index in [0.29, 0.717) is 12.8 Å². The highest BCUT2D eigenvalue weighted by Gasteiger charge is 2.27. The second-order valence-corrected chi connectivity index (χ2v) is 4.26. The van der Waals surface area contributed by atoms with Gasteiger partial charge in [-0.15, -0.1) is 0 Å². The number of hydrogen-bond acceptors (Lipinski definition) is 6. The average molecular weight is 339 g/mol. The lowest BCUT2D eigenvalue weighted by Gasteiger charge is -2.15. The Morgan fingerprint density at radius 2 is 1.58 bits per heavy atom. The SMILES string of the molecule is CCCOC(=O)C[C@H](OC(=O)CBr)C(=O)OCCC. The fourth-order valence-corrected chi connectivity index (χ4v) is 1.22. The molecule has 0 aromatic carbocycles. The number of rotatable bonds is 9. The summed E-state index contributed by atoms with van der Waals surface area (Å²) in [5.41, 5.74) is 0. The highest BCUT2D eigenvalue weighted by Crippen LogP contribution is 2.06. The van der Waals surface area contributed by atoms with Crippen molar-refractivity contribution in [1.82, 2.24) is 0 Å². The second kappa shape index (κ2) is 10.8. The maximum absolute atomic E-state index is 11.6. The number of carbonyl (C=O) groups is 3. The summed E-state index contributed by atoms with van der Waals surface area (Å²) in [6.45, 7) is 4.17. The second-order valence-electron chi connectivity index (χ2n) is 3.70. The molecule has 0 saturated carbocycles. The fourth-order valence-electron chi connectivity index (χ4n) is 1.09. The van der Waals surface area contributed by atoms with Crippen LogP contribution >= 0.6 is 15.9 Å². The molecule has 0 saturated heterocycles. The van der Waals surface area contributed by atoms with E-state index in [2.05, 4.69) is 15.9 Å². The summed E-state index contributed by atoms with van der Waals surface area (Å²) in [4.78, 5) is 34.2. The zero-order valence-corrected chi connectivity index (χ0v) is 12.7. The summed E-state index contributed by atoms with van der Waals surface area (Å²) in [5, 5.41) is -0.0609. The van der Waals surface area contributed by atoms with Crippen LogP contribution in [0.25, 0.3) is 0 Å². The Morgan fingerprint density at radius 3 is 2.11 bits per heavy atom. The number of ether oxygens (including phenoxy) is 3. The molecule has 19 heavy (non-hydrogen) atoms. The lowest BCUT2D eigenvalue weighted by Crippen LogP contribution is -2.32. The number of hydrogen-bond donors (Lipinski definition) is 0. The largest absolute Gasteiger partial charge is 0.466 e. The maximum atomic E-state index is 11.6. The van der Waals surface area contributed by atoms with Gasteiger partial charge in [0.25, 0.3) is 0 Å². The molecular weight excluding hydrogens is 320 g/mol. The standard InChI is InChI=1S/C12H19BrO6/c1-3-5-17-10(14)7-9(19-11(15)8-13)12(16)18-6-4-2/h9H,3-8H2,1-2H3/t9-/m0/s1. The highest BCUT2D eigenvalue weighted by molar-refractivity contribution is 9.09. The molecule has 7 heteroatoms. The van der Waals surface area contributed by atoms with Crippen LogP contribution in [0.15, 0.2) is 0 Å². The zero-order valence-electron chi connectivity index (χ0n) is 11.1. The lowest BCUT2D eigenvalue weighted by atomic mass is 10.2. The first kappa shape index (κ1) is 17.9. The Morgan fingerprint density at radius 1 is 1.00 bits per heavy atom. The van der Waals surface area contributed by atoms with Crippen molar-refractivity contribution in [3.63, 3.8) is 0 Å². The van der Waals surface area contributed by atoms with E-state index < -0.39 is 24.0 Å². The summed E-state index contributed by atoms with van der Waals surface area (Å²) in [6.07, 6.45) is -0.259. The third-order valence-corrected chi connectivity index (χ3v) is 2.37. The van der Waals surface area contributed by atoms with E-state index in [1.165, 1.54) is 0 Å². The third kappa shape index (κ3) is 8.58. The molecule has 0 aromatic rings. The van der Waals surface area contributed by atoms with E-state index in [-0.39, 0.29) is 25.0 Å². The lowest BCUT2D eigenvalue weighted by molar-refractivity contribution is -0.170. The fraction of sp³-hybridized carbons (Fsp3) is 0.750. The Kier molecular flexibility index (Phi) is 10.1. The Balaban J connectivity index is 4.43. The van der Waals surface area contributed by atoms with Gasteiger partial charge >= 0.3 is 17.9 Å². The van der Waals surface area contributed by atoms with E-state index in [4.69, 9.17) is 14.2 Å². The molecule has 0 radical (unpaired) electrons. The molecule has 110 valence electrons. The van der Waals surface area contributed by atoms with Crippen molar-refractivity contribution >= 4 is 33.8 Å². The van der Waals surface area contributed by atoms with E-state index in [0.717, 1.165) is 0 Å². The van der Waals surface area contributed by atoms with Crippen LogP contribution in [0, 0.1) is 0 Å². The van der Waals surface area contributed by atoms with Crippen molar-refractivity contribution < 1.29 is 28.6 Å². The smallest absolute Gasteiger partial charge is 0.348 e. The minimum Gasteiger partial charge on any atom is -0.466 e. The normalized spacial score (nSPS) is 11.5. The molecular formula is C12H19BrO6. The van der Waals surface area contributed by atoms with Crippen molar-refractivity contribution in [3.8, 4) is 0 Å². The number of halogens is 1. The van der Waals surface area contributed by atoms with Gasteiger partial charge in [-0.05, 0) is 12.8 Å².